The molecule has 0 aromatic rings. The fraction of sp³-hybridized carbons (Fsp3) is 0.900. The second-order valence-electron chi connectivity index (χ2n) is 4.22. The van der Waals surface area contributed by atoms with Gasteiger partial charge < -0.3 is 15.5 Å². The second kappa shape index (κ2) is 6.09. The quantitative estimate of drug-likeness (QED) is 0.780. The summed E-state index contributed by atoms with van der Waals surface area (Å²) in [6.45, 7) is 0.414. The Labute approximate surface area is 98.5 Å². The van der Waals surface area contributed by atoms with Gasteiger partial charge in [0, 0.05) is 13.1 Å². The van der Waals surface area contributed by atoms with Crippen LogP contribution in [-0.4, -0.2) is 49.8 Å². The maximum Gasteiger partial charge on any atom is 0.405 e. The van der Waals surface area contributed by atoms with Gasteiger partial charge in [0.15, 0.2) is 0 Å². The number of rotatable bonds is 2. The van der Waals surface area contributed by atoms with Crippen LogP contribution in [0.2, 0.25) is 0 Å². The monoisotopic (exact) mass is 253 g/mol. The van der Waals surface area contributed by atoms with Crippen LogP contribution in [0.5, 0.6) is 0 Å². The predicted octanol–water partition coefficient (Wildman–Crippen LogP) is 1.33. The van der Waals surface area contributed by atoms with Gasteiger partial charge in [0.2, 0.25) is 0 Å². The number of carbonyl (C=O) groups is 1. The van der Waals surface area contributed by atoms with Crippen LogP contribution in [0, 0.1) is 0 Å². The lowest BCUT2D eigenvalue weighted by Gasteiger charge is -2.27. The average molecular weight is 253 g/mol. The van der Waals surface area contributed by atoms with Gasteiger partial charge in [-0.15, -0.1) is 0 Å². The molecule has 0 spiro atoms. The molecule has 1 saturated heterocycles. The van der Waals surface area contributed by atoms with Crippen molar-refractivity contribution in [1.82, 2.24) is 15.5 Å². The summed E-state index contributed by atoms with van der Waals surface area (Å²) in [6.07, 6.45) is -1.83. The first-order valence-corrected chi connectivity index (χ1v) is 5.68. The summed E-state index contributed by atoms with van der Waals surface area (Å²) in [4.78, 5) is 12.9. The van der Waals surface area contributed by atoms with E-state index in [4.69, 9.17) is 0 Å². The van der Waals surface area contributed by atoms with E-state index in [9.17, 15) is 18.0 Å². The lowest BCUT2D eigenvalue weighted by Crippen LogP contribution is -2.46. The summed E-state index contributed by atoms with van der Waals surface area (Å²) in [5, 5.41) is 5.07. The Morgan fingerprint density at radius 3 is 2.76 bits per heavy atom. The molecule has 100 valence electrons. The van der Waals surface area contributed by atoms with Crippen molar-refractivity contribution in [2.45, 2.75) is 31.5 Å². The minimum Gasteiger partial charge on any atom is -0.329 e. The number of nitrogens with one attached hydrogen (secondary N) is 2. The molecule has 0 aliphatic carbocycles. The van der Waals surface area contributed by atoms with Gasteiger partial charge in [-0.2, -0.15) is 13.2 Å². The highest BCUT2D eigenvalue weighted by Gasteiger charge is 2.29. The molecule has 1 unspecified atom stereocenters. The van der Waals surface area contributed by atoms with E-state index in [0.29, 0.717) is 0 Å². The van der Waals surface area contributed by atoms with E-state index in [0.717, 1.165) is 32.4 Å². The minimum atomic E-state index is -4.36. The Kier molecular flexibility index (Phi) is 5.04. The molecule has 17 heavy (non-hydrogen) atoms. The Balaban J connectivity index is 2.39. The number of nitrogens with zero attached hydrogens (tertiary/aromatic N) is 1. The zero-order valence-electron chi connectivity index (χ0n) is 9.81. The van der Waals surface area contributed by atoms with Crippen LogP contribution in [0.4, 0.5) is 18.0 Å². The largest absolute Gasteiger partial charge is 0.405 e. The molecule has 2 amide bonds. The fourth-order valence-electron chi connectivity index (χ4n) is 1.85. The van der Waals surface area contributed by atoms with Gasteiger partial charge in [-0.05, 0) is 32.4 Å². The number of amides is 2. The molecule has 2 N–H and O–H groups in total. The van der Waals surface area contributed by atoms with Crippen molar-refractivity contribution in [1.29, 1.82) is 0 Å². The van der Waals surface area contributed by atoms with Crippen molar-refractivity contribution in [2.75, 3.05) is 26.7 Å². The Hall–Kier alpha value is -0.980. The SMILES string of the molecule is CN(C(=O)NCC(F)(F)F)C1CCCNCC1. The third-order valence-corrected chi connectivity index (χ3v) is 2.85. The van der Waals surface area contributed by atoms with Gasteiger partial charge in [-0.1, -0.05) is 0 Å². The summed E-state index contributed by atoms with van der Waals surface area (Å²) >= 11 is 0. The molecule has 0 saturated carbocycles. The average Bonchev–Trinajstić information content (AvgIpc) is 2.52. The lowest BCUT2D eigenvalue weighted by atomic mass is 10.1. The van der Waals surface area contributed by atoms with E-state index in [1.807, 2.05) is 5.32 Å². The van der Waals surface area contributed by atoms with Crippen LogP contribution < -0.4 is 10.6 Å². The normalized spacial score (nSPS) is 21.8. The molecule has 1 rings (SSSR count). The highest BCUT2D eigenvalue weighted by molar-refractivity contribution is 5.74. The van der Waals surface area contributed by atoms with Crippen molar-refractivity contribution < 1.29 is 18.0 Å². The standard InChI is InChI=1S/C10H18F3N3O/c1-16(8-3-2-5-14-6-4-8)9(17)15-7-10(11,12)13/h8,14H,2-7H2,1H3,(H,15,17). The van der Waals surface area contributed by atoms with E-state index in [2.05, 4.69) is 5.32 Å². The van der Waals surface area contributed by atoms with Gasteiger partial charge in [0.1, 0.15) is 6.54 Å². The van der Waals surface area contributed by atoms with Crippen LogP contribution in [-0.2, 0) is 0 Å². The van der Waals surface area contributed by atoms with Crippen LogP contribution in [0.15, 0.2) is 0 Å². The number of urea groups is 1. The molecule has 7 heteroatoms. The van der Waals surface area contributed by atoms with Crippen molar-refractivity contribution in [3.63, 3.8) is 0 Å². The molecule has 1 heterocycles. The van der Waals surface area contributed by atoms with Crippen molar-refractivity contribution in [2.24, 2.45) is 0 Å². The third-order valence-electron chi connectivity index (χ3n) is 2.85. The van der Waals surface area contributed by atoms with Gasteiger partial charge >= 0.3 is 12.2 Å². The Morgan fingerprint density at radius 1 is 1.41 bits per heavy atom. The van der Waals surface area contributed by atoms with Crippen LogP contribution >= 0.6 is 0 Å². The topological polar surface area (TPSA) is 44.4 Å². The summed E-state index contributed by atoms with van der Waals surface area (Å²) in [5.74, 6) is 0. The zero-order chi connectivity index (χ0) is 12.9. The number of carbonyl (C=O) groups excluding carboxylic acids is 1. The van der Waals surface area contributed by atoms with Gasteiger partial charge in [0.25, 0.3) is 0 Å². The highest BCUT2D eigenvalue weighted by Crippen LogP contribution is 2.14. The maximum atomic E-state index is 11.9. The van der Waals surface area contributed by atoms with Gasteiger partial charge in [0.05, 0.1) is 0 Å². The molecule has 0 aromatic heterocycles. The molecule has 1 atom stereocenters. The Bertz CT molecular complexity index is 250. The summed E-state index contributed by atoms with van der Waals surface area (Å²) in [7, 11) is 1.54. The molecule has 1 fully saturated rings. The molecule has 0 radical (unpaired) electrons. The smallest absolute Gasteiger partial charge is 0.329 e. The number of alkyl halides is 3. The van der Waals surface area contributed by atoms with Crippen molar-refractivity contribution >= 4 is 6.03 Å². The van der Waals surface area contributed by atoms with E-state index < -0.39 is 18.8 Å². The third kappa shape index (κ3) is 5.25. The summed E-state index contributed by atoms with van der Waals surface area (Å²) in [6, 6.07) is -0.646. The molecule has 0 bridgehead atoms. The number of hydrogen-bond acceptors (Lipinski definition) is 2. The Morgan fingerprint density at radius 2 is 2.12 bits per heavy atom. The minimum absolute atomic E-state index is 0.0123. The maximum absolute atomic E-state index is 11.9. The molecule has 4 nitrogen and oxygen atoms in total. The molecular formula is C10H18F3N3O. The van der Waals surface area contributed by atoms with E-state index >= 15 is 0 Å². The van der Waals surface area contributed by atoms with Crippen LogP contribution in [0.1, 0.15) is 19.3 Å². The van der Waals surface area contributed by atoms with Crippen molar-refractivity contribution in [3.8, 4) is 0 Å². The second-order valence-corrected chi connectivity index (χ2v) is 4.22. The zero-order valence-corrected chi connectivity index (χ0v) is 9.81. The van der Waals surface area contributed by atoms with E-state index in [1.54, 1.807) is 7.05 Å². The number of halogens is 3. The predicted molar refractivity (Wildman–Crippen MR) is 57.7 cm³/mol. The van der Waals surface area contributed by atoms with E-state index in [1.165, 1.54) is 4.90 Å². The van der Waals surface area contributed by atoms with Gasteiger partial charge in [-0.3, -0.25) is 0 Å². The number of hydrogen-bond donors (Lipinski definition) is 2. The molecule has 1 aliphatic rings. The molecule has 0 aromatic carbocycles. The fourth-order valence-corrected chi connectivity index (χ4v) is 1.85. The first kappa shape index (κ1) is 14.1. The first-order valence-electron chi connectivity index (χ1n) is 5.68. The molecule has 1 aliphatic heterocycles. The van der Waals surface area contributed by atoms with Crippen molar-refractivity contribution in [3.05, 3.63) is 0 Å². The summed E-state index contributed by atoms with van der Waals surface area (Å²) < 4.78 is 35.8. The summed E-state index contributed by atoms with van der Waals surface area (Å²) in [5.41, 5.74) is 0. The van der Waals surface area contributed by atoms with E-state index in [-0.39, 0.29) is 6.04 Å². The van der Waals surface area contributed by atoms with Crippen LogP contribution in [0.3, 0.4) is 0 Å². The molecular weight excluding hydrogens is 235 g/mol. The van der Waals surface area contributed by atoms with Crippen LogP contribution in [0.25, 0.3) is 0 Å². The highest BCUT2D eigenvalue weighted by atomic mass is 19.4. The van der Waals surface area contributed by atoms with Gasteiger partial charge in [-0.25, -0.2) is 4.79 Å². The lowest BCUT2D eigenvalue weighted by molar-refractivity contribution is -0.123. The first-order chi connectivity index (χ1) is 7.90.